The smallest absolute Gasteiger partial charge is 0.244 e. The number of aliphatic hydroxyl groups excluding tert-OH is 1. The van der Waals surface area contributed by atoms with E-state index in [9.17, 15) is 13.5 Å². The summed E-state index contributed by atoms with van der Waals surface area (Å²) in [6.45, 7) is 5.59. The van der Waals surface area contributed by atoms with E-state index in [0.29, 0.717) is 18.0 Å². The zero-order valence-corrected chi connectivity index (χ0v) is 11.1. The van der Waals surface area contributed by atoms with Crippen LogP contribution in [0.3, 0.4) is 0 Å². The standard InChI is InChI=1S/C10H19N3O3S/c1-7(2)4-9(14)5-12-17(15,16)10-6-11-13-8(10)3/h6-7,9,12,14H,4-5H2,1-3H3,(H,11,13). The quantitative estimate of drug-likeness (QED) is 0.691. The molecule has 3 N–H and O–H groups in total. The largest absolute Gasteiger partial charge is 0.392 e. The van der Waals surface area contributed by atoms with E-state index in [4.69, 9.17) is 0 Å². The number of aromatic nitrogens is 2. The molecule has 98 valence electrons. The molecule has 0 saturated heterocycles. The number of nitrogens with zero attached hydrogens (tertiary/aromatic N) is 1. The topological polar surface area (TPSA) is 95.1 Å². The number of H-pyrrole nitrogens is 1. The minimum absolute atomic E-state index is 0.0190. The summed E-state index contributed by atoms with van der Waals surface area (Å²) in [5, 5.41) is 15.8. The molecular formula is C10H19N3O3S. The van der Waals surface area contributed by atoms with E-state index in [0.717, 1.165) is 0 Å². The Morgan fingerprint density at radius 2 is 2.18 bits per heavy atom. The molecule has 0 aromatic carbocycles. The van der Waals surface area contributed by atoms with Gasteiger partial charge in [-0.2, -0.15) is 5.10 Å². The lowest BCUT2D eigenvalue weighted by Crippen LogP contribution is -2.33. The average molecular weight is 261 g/mol. The van der Waals surface area contributed by atoms with Gasteiger partial charge in [0.1, 0.15) is 4.90 Å². The maximum Gasteiger partial charge on any atom is 0.244 e. The van der Waals surface area contributed by atoms with Crippen molar-refractivity contribution in [1.29, 1.82) is 0 Å². The molecular weight excluding hydrogens is 242 g/mol. The van der Waals surface area contributed by atoms with Gasteiger partial charge in [-0.05, 0) is 19.3 Å². The molecule has 0 aliphatic rings. The van der Waals surface area contributed by atoms with Gasteiger partial charge in [0.25, 0.3) is 0 Å². The number of aromatic amines is 1. The summed E-state index contributed by atoms with van der Waals surface area (Å²) in [7, 11) is -3.58. The van der Waals surface area contributed by atoms with Crippen LogP contribution in [0.15, 0.2) is 11.1 Å². The first-order valence-corrected chi connectivity index (χ1v) is 6.99. The molecule has 0 aliphatic heterocycles. The number of hydrogen-bond acceptors (Lipinski definition) is 4. The van der Waals surface area contributed by atoms with Crippen LogP contribution < -0.4 is 4.72 Å². The second-order valence-electron chi connectivity index (χ2n) is 4.49. The van der Waals surface area contributed by atoms with Crippen molar-refractivity contribution in [1.82, 2.24) is 14.9 Å². The van der Waals surface area contributed by atoms with Crippen molar-refractivity contribution in [3.05, 3.63) is 11.9 Å². The van der Waals surface area contributed by atoms with Crippen molar-refractivity contribution in [2.45, 2.75) is 38.2 Å². The lowest BCUT2D eigenvalue weighted by Gasteiger charge is -2.13. The van der Waals surface area contributed by atoms with E-state index in [1.54, 1.807) is 6.92 Å². The molecule has 1 atom stereocenters. The summed E-state index contributed by atoms with van der Waals surface area (Å²) < 4.78 is 26.0. The van der Waals surface area contributed by atoms with Crippen molar-refractivity contribution in [2.24, 2.45) is 5.92 Å². The van der Waals surface area contributed by atoms with Gasteiger partial charge in [0.05, 0.1) is 18.0 Å². The Bertz CT molecular complexity index is 453. The molecule has 17 heavy (non-hydrogen) atoms. The predicted molar refractivity (Wildman–Crippen MR) is 64.0 cm³/mol. The normalized spacial score (nSPS) is 14.2. The van der Waals surface area contributed by atoms with Crippen LogP contribution >= 0.6 is 0 Å². The zero-order valence-electron chi connectivity index (χ0n) is 10.3. The Kier molecular flexibility index (Phi) is 4.67. The third-order valence-electron chi connectivity index (χ3n) is 2.33. The Hall–Kier alpha value is -0.920. The Balaban J connectivity index is 2.60. The number of hydrogen-bond donors (Lipinski definition) is 3. The minimum Gasteiger partial charge on any atom is -0.392 e. The highest BCUT2D eigenvalue weighted by Crippen LogP contribution is 2.11. The van der Waals surface area contributed by atoms with Gasteiger partial charge in [-0.25, -0.2) is 13.1 Å². The van der Waals surface area contributed by atoms with Gasteiger partial charge < -0.3 is 5.11 Å². The van der Waals surface area contributed by atoms with E-state index in [1.807, 2.05) is 13.8 Å². The molecule has 1 rings (SSSR count). The highest BCUT2D eigenvalue weighted by Gasteiger charge is 2.19. The molecule has 0 amide bonds. The summed E-state index contributed by atoms with van der Waals surface area (Å²) in [6, 6.07) is 0. The fourth-order valence-electron chi connectivity index (χ4n) is 1.52. The van der Waals surface area contributed by atoms with E-state index >= 15 is 0 Å². The Morgan fingerprint density at radius 1 is 1.53 bits per heavy atom. The minimum atomic E-state index is -3.58. The molecule has 6 nitrogen and oxygen atoms in total. The molecule has 1 unspecified atom stereocenters. The van der Waals surface area contributed by atoms with Gasteiger partial charge in [-0.15, -0.1) is 0 Å². The fraction of sp³-hybridized carbons (Fsp3) is 0.700. The van der Waals surface area contributed by atoms with Crippen LogP contribution in [-0.2, 0) is 10.0 Å². The number of aliphatic hydroxyl groups is 1. The molecule has 1 aromatic heterocycles. The first-order valence-electron chi connectivity index (χ1n) is 5.50. The SMILES string of the molecule is Cc1[nH]ncc1S(=O)(=O)NCC(O)CC(C)C. The summed E-state index contributed by atoms with van der Waals surface area (Å²) in [5.41, 5.74) is 0.482. The van der Waals surface area contributed by atoms with Gasteiger partial charge in [0.2, 0.25) is 10.0 Å². The van der Waals surface area contributed by atoms with Crippen molar-refractivity contribution in [3.63, 3.8) is 0 Å². The van der Waals surface area contributed by atoms with Crippen molar-refractivity contribution in [3.8, 4) is 0 Å². The molecule has 1 heterocycles. The summed E-state index contributed by atoms with van der Waals surface area (Å²) in [4.78, 5) is 0.120. The van der Waals surface area contributed by atoms with Crippen molar-refractivity contribution < 1.29 is 13.5 Å². The first-order chi connectivity index (χ1) is 7.83. The molecule has 0 radical (unpaired) electrons. The van der Waals surface area contributed by atoms with Crippen molar-refractivity contribution >= 4 is 10.0 Å². The van der Waals surface area contributed by atoms with Crippen molar-refractivity contribution in [2.75, 3.05) is 6.54 Å². The maximum absolute atomic E-state index is 11.8. The highest BCUT2D eigenvalue weighted by molar-refractivity contribution is 7.89. The lowest BCUT2D eigenvalue weighted by atomic mass is 10.1. The lowest BCUT2D eigenvalue weighted by molar-refractivity contribution is 0.152. The van der Waals surface area contributed by atoms with E-state index in [1.165, 1.54) is 6.20 Å². The van der Waals surface area contributed by atoms with E-state index < -0.39 is 16.1 Å². The van der Waals surface area contributed by atoms with Crippen LogP contribution in [0.25, 0.3) is 0 Å². The first kappa shape index (κ1) is 14.1. The van der Waals surface area contributed by atoms with Crippen LogP contribution in [-0.4, -0.2) is 36.4 Å². The van der Waals surface area contributed by atoms with E-state index in [2.05, 4.69) is 14.9 Å². The molecule has 0 bridgehead atoms. The number of sulfonamides is 1. The van der Waals surface area contributed by atoms with Crippen LogP contribution in [0.1, 0.15) is 26.0 Å². The molecule has 0 fully saturated rings. The van der Waals surface area contributed by atoms with E-state index in [-0.39, 0.29) is 11.4 Å². The second-order valence-corrected chi connectivity index (χ2v) is 6.23. The summed E-state index contributed by atoms with van der Waals surface area (Å²) in [5.74, 6) is 0.324. The molecule has 7 heteroatoms. The predicted octanol–water partition coefficient (Wildman–Crippen LogP) is 0.403. The number of aryl methyl sites for hydroxylation is 1. The fourth-order valence-corrected chi connectivity index (χ4v) is 2.73. The van der Waals surface area contributed by atoms with Crippen LogP contribution in [0.2, 0.25) is 0 Å². The van der Waals surface area contributed by atoms with Gasteiger partial charge >= 0.3 is 0 Å². The number of rotatable bonds is 6. The third-order valence-corrected chi connectivity index (χ3v) is 3.86. The van der Waals surface area contributed by atoms with Gasteiger partial charge in [-0.3, -0.25) is 5.10 Å². The zero-order chi connectivity index (χ0) is 13.1. The van der Waals surface area contributed by atoms with Gasteiger partial charge in [-0.1, -0.05) is 13.8 Å². The van der Waals surface area contributed by atoms with Gasteiger partial charge in [0, 0.05) is 6.54 Å². The maximum atomic E-state index is 11.8. The molecule has 1 aromatic rings. The third kappa shape index (κ3) is 4.10. The van der Waals surface area contributed by atoms with Crippen LogP contribution in [0.4, 0.5) is 0 Å². The molecule has 0 saturated carbocycles. The summed E-state index contributed by atoms with van der Waals surface area (Å²) >= 11 is 0. The van der Waals surface area contributed by atoms with Crippen LogP contribution in [0, 0.1) is 12.8 Å². The molecule has 0 aliphatic carbocycles. The highest BCUT2D eigenvalue weighted by atomic mass is 32.2. The second kappa shape index (κ2) is 5.61. The number of nitrogens with one attached hydrogen (secondary N) is 2. The van der Waals surface area contributed by atoms with Gasteiger partial charge in [0.15, 0.2) is 0 Å². The average Bonchev–Trinajstić information content (AvgIpc) is 2.61. The summed E-state index contributed by atoms with van der Waals surface area (Å²) in [6.07, 6.45) is 1.15. The Labute approximate surface area is 101 Å². The van der Waals surface area contributed by atoms with Crippen LogP contribution in [0.5, 0.6) is 0 Å². The molecule has 0 spiro atoms. The Morgan fingerprint density at radius 3 is 2.65 bits per heavy atom. The monoisotopic (exact) mass is 261 g/mol.